The van der Waals surface area contributed by atoms with Gasteiger partial charge >= 0.3 is 11.9 Å². The Morgan fingerprint density at radius 2 is 1.12 bits per heavy atom. The highest BCUT2D eigenvalue weighted by Gasteiger charge is 2.22. The first kappa shape index (κ1) is 40.8. The first-order valence-electron chi connectivity index (χ1n) is 17.1. The van der Waals surface area contributed by atoms with Gasteiger partial charge in [0.25, 0.3) is 11.8 Å². The molecule has 10 nitrogen and oxygen atoms in total. The Morgan fingerprint density at radius 3 is 1.66 bits per heavy atom. The lowest BCUT2D eigenvalue weighted by Gasteiger charge is -2.13. The third-order valence-electron chi connectivity index (χ3n) is 8.83. The van der Waals surface area contributed by atoms with Crippen LogP contribution in [0.3, 0.4) is 0 Å². The van der Waals surface area contributed by atoms with E-state index in [9.17, 15) is 42.6 Å². The Hall–Kier alpha value is -6.83. The molecule has 2 amide bonds. The van der Waals surface area contributed by atoms with Crippen molar-refractivity contribution in [2.45, 2.75) is 6.42 Å². The number of carbonyl (C=O) groups is 4. The fourth-order valence-corrected chi connectivity index (χ4v) is 6.51. The Bertz CT molecular complexity index is 2570. The van der Waals surface area contributed by atoms with Crippen LogP contribution in [0.25, 0.3) is 22.3 Å². The van der Waals surface area contributed by atoms with Crippen LogP contribution < -0.4 is 20.1 Å². The van der Waals surface area contributed by atoms with Crippen molar-refractivity contribution in [3.05, 3.63) is 165 Å². The molecule has 15 heteroatoms. The van der Waals surface area contributed by atoms with Crippen molar-refractivity contribution in [1.82, 2.24) is 0 Å². The van der Waals surface area contributed by atoms with Crippen LogP contribution in [0.2, 0.25) is 10.0 Å². The van der Waals surface area contributed by atoms with Crippen molar-refractivity contribution in [2.75, 3.05) is 24.4 Å². The van der Waals surface area contributed by atoms with Crippen molar-refractivity contribution in [2.24, 2.45) is 0 Å². The summed E-state index contributed by atoms with van der Waals surface area (Å²) >= 11 is 12.3. The number of ether oxygens (including phenoxy) is 2. The van der Waals surface area contributed by atoms with Gasteiger partial charge in [-0.05, 0) is 107 Å². The molecule has 0 atom stereocenters. The van der Waals surface area contributed by atoms with E-state index in [1.165, 1.54) is 67.8 Å². The lowest BCUT2D eigenvalue weighted by atomic mass is 10.0. The first-order chi connectivity index (χ1) is 27.7. The number of methoxy groups -OCH3 is 1. The summed E-state index contributed by atoms with van der Waals surface area (Å²) < 4.78 is 54.5. The molecule has 0 fully saturated rings. The van der Waals surface area contributed by atoms with Gasteiger partial charge in [0.15, 0.2) is 0 Å². The summed E-state index contributed by atoms with van der Waals surface area (Å²) in [7, 11) is 1.48. The molecule has 7 rings (SSSR count). The molecule has 1 aliphatic rings. The number of anilines is 2. The minimum Gasteiger partial charge on any atom is -0.497 e. The van der Waals surface area contributed by atoms with Crippen LogP contribution in [0.5, 0.6) is 11.5 Å². The number of aromatic carboxylic acids is 2. The lowest BCUT2D eigenvalue weighted by molar-refractivity contribution is 0.0683. The zero-order valence-electron chi connectivity index (χ0n) is 30.0. The molecule has 6 aromatic carbocycles. The lowest BCUT2D eigenvalue weighted by Crippen LogP contribution is -2.18. The SMILES string of the molecule is COc1cc(Cl)cc(-c2cc(F)c(NC(=O)c3ccccc3C(=O)O)c(Cl)c2)c1.O=C(O)c1ccccc1C(=O)Nc1c(F)cc(-c2ccc3c(c2)CCO3)cc1F. The van der Waals surface area contributed by atoms with Gasteiger partial charge in [-0.15, -0.1) is 0 Å². The summed E-state index contributed by atoms with van der Waals surface area (Å²) in [5, 5.41) is 23.2. The molecule has 294 valence electrons. The predicted molar refractivity (Wildman–Crippen MR) is 212 cm³/mol. The van der Waals surface area contributed by atoms with Crippen molar-refractivity contribution >= 4 is 58.3 Å². The molecule has 4 N–H and O–H groups in total. The van der Waals surface area contributed by atoms with E-state index in [0.29, 0.717) is 39.6 Å². The number of rotatable bonds is 9. The number of nitrogens with one attached hydrogen (secondary N) is 2. The average molecular weight is 830 g/mol. The Morgan fingerprint density at radius 1 is 0.621 bits per heavy atom. The third-order valence-corrected chi connectivity index (χ3v) is 9.34. The fraction of sp³-hybridized carbons (Fsp3) is 0.0698. The topological polar surface area (TPSA) is 151 Å². The number of fused-ring (bicyclic) bond motifs is 1. The minimum absolute atomic E-state index is 0.0555. The van der Waals surface area contributed by atoms with Crippen LogP contribution >= 0.6 is 23.2 Å². The van der Waals surface area contributed by atoms with Gasteiger partial charge < -0.3 is 30.3 Å². The van der Waals surface area contributed by atoms with Gasteiger partial charge in [-0.2, -0.15) is 0 Å². The van der Waals surface area contributed by atoms with E-state index in [2.05, 4.69) is 10.6 Å². The maximum absolute atomic E-state index is 14.7. The van der Waals surface area contributed by atoms with Crippen LogP contribution in [-0.2, 0) is 6.42 Å². The molecule has 0 unspecified atom stereocenters. The van der Waals surface area contributed by atoms with Gasteiger partial charge in [0.05, 0.1) is 46.7 Å². The Labute approximate surface area is 338 Å². The summed E-state index contributed by atoms with van der Waals surface area (Å²) in [6.45, 7) is 0.574. The molecule has 1 aliphatic heterocycles. The van der Waals surface area contributed by atoms with E-state index in [-0.39, 0.29) is 33.0 Å². The van der Waals surface area contributed by atoms with Crippen LogP contribution in [0, 0.1) is 17.5 Å². The van der Waals surface area contributed by atoms with Gasteiger partial charge in [0.2, 0.25) is 0 Å². The number of amides is 2. The molecule has 0 spiro atoms. The van der Waals surface area contributed by atoms with Gasteiger partial charge in [0, 0.05) is 11.4 Å². The zero-order chi connectivity index (χ0) is 41.7. The van der Waals surface area contributed by atoms with Gasteiger partial charge in [-0.25, -0.2) is 22.8 Å². The van der Waals surface area contributed by atoms with Crippen molar-refractivity contribution in [3.8, 4) is 33.8 Å². The minimum atomic E-state index is -1.31. The highest BCUT2D eigenvalue weighted by molar-refractivity contribution is 6.34. The molecule has 1 heterocycles. The van der Waals surface area contributed by atoms with Gasteiger partial charge in [-0.1, -0.05) is 53.5 Å². The van der Waals surface area contributed by atoms with Crippen LogP contribution in [-0.4, -0.2) is 47.7 Å². The van der Waals surface area contributed by atoms with Gasteiger partial charge in [-0.3, -0.25) is 9.59 Å². The largest absolute Gasteiger partial charge is 0.497 e. The van der Waals surface area contributed by atoms with Crippen LogP contribution in [0.4, 0.5) is 24.5 Å². The standard InChI is InChI=1S/C22H15F2NO4.C21H14Cl2FNO4/c23-17-10-14(12-5-6-19-13(9-12)7-8-29-19)11-18(24)20(17)25-21(26)15-3-1-2-4-16(15)22(27)28;1-29-14-7-11(6-13(22)10-14)12-8-17(23)19(18(24)9-12)25-20(26)15-4-2-3-5-16(15)21(27)28/h1-6,9-11H,7-8H2,(H,25,26)(H,27,28);2-10H,1H3,(H,25,26)(H,27,28). The molecule has 0 saturated heterocycles. The summed E-state index contributed by atoms with van der Waals surface area (Å²) in [6.07, 6.45) is 0.727. The summed E-state index contributed by atoms with van der Waals surface area (Å²) in [6, 6.07) is 26.1. The highest BCUT2D eigenvalue weighted by Crippen LogP contribution is 2.36. The molecular formula is C43H29Cl2F3N2O8. The second kappa shape index (κ2) is 17.5. The smallest absolute Gasteiger partial charge is 0.336 e. The molecule has 0 radical (unpaired) electrons. The fourth-order valence-electron chi connectivity index (χ4n) is 6.03. The predicted octanol–water partition coefficient (Wildman–Crippen LogP) is 10.3. The third kappa shape index (κ3) is 9.07. The number of carbonyl (C=O) groups excluding carboxylic acids is 2. The number of carboxylic acids is 2. The number of carboxylic acid groups (broad SMARTS) is 2. The summed E-state index contributed by atoms with van der Waals surface area (Å²) in [5.74, 6) is -5.74. The average Bonchev–Trinajstić information content (AvgIpc) is 3.68. The van der Waals surface area contributed by atoms with Crippen LogP contribution in [0.1, 0.15) is 47.0 Å². The number of hydrogen-bond acceptors (Lipinski definition) is 6. The molecule has 0 aliphatic carbocycles. The summed E-state index contributed by atoms with van der Waals surface area (Å²) in [5.41, 5.74) is 1.25. The molecule has 0 aromatic heterocycles. The number of hydrogen-bond donors (Lipinski definition) is 4. The first-order valence-corrected chi connectivity index (χ1v) is 17.9. The highest BCUT2D eigenvalue weighted by atomic mass is 35.5. The van der Waals surface area contributed by atoms with E-state index in [1.807, 2.05) is 6.07 Å². The maximum Gasteiger partial charge on any atom is 0.336 e. The monoisotopic (exact) mass is 828 g/mol. The molecule has 58 heavy (non-hydrogen) atoms. The van der Waals surface area contributed by atoms with E-state index < -0.39 is 46.9 Å². The van der Waals surface area contributed by atoms with E-state index in [0.717, 1.165) is 29.9 Å². The van der Waals surface area contributed by atoms with E-state index >= 15 is 0 Å². The van der Waals surface area contributed by atoms with Crippen molar-refractivity contribution in [1.29, 1.82) is 0 Å². The maximum atomic E-state index is 14.7. The van der Waals surface area contributed by atoms with Crippen molar-refractivity contribution < 1.29 is 52.0 Å². The quantitative estimate of drug-likeness (QED) is 0.112. The second-order valence-electron chi connectivity index (χ2n) is 12.5. The Balaban J connectivity index is 0.000000196. The van der Waals surface area contributed by atoms with E-state index in [1.54, 1.807) is 30.3 Å². The van der Waals surface area contributed by atoms with Crippen molar-refractivity contribution in [3.63, 3.8) is 0 Å². The van der Waals surface area contributed by atoms with Crippen LogP contribution in [0.15, 0.2) is 109 Å². The number of halogens is 5. The normalized spacial score (nSPS) is 11.3. The number of benzene rings is 6. The Kier molecular flexibility index (Phi) is 12.3. The van der Waals surface area contributed by atoms with Gasteiger partial charge in [0.1, 0.15) is 34.6 Å². The molecular weight excluding hydrogens is 800 g/mol. The molecule has 6 aromatic rings. The van der Waals surface area contributed by atoms with E-state index in [4.69, 9.17) is 32.7 Å². The molecule has 0 saturated carbocycles. The summed E-state index contributed by atoms with van der Waals surface area (Å²) in [4.78, 5) is 47.4. The molecule has 0 bridgehead atoms. The second-order valence-corrected chi connectivity index (χ2v) is 13.4. The zero-order valence-corrected chi connectivity index (χ0v) is 31.6.